The molecule has 0 amide bonds. The zero-order valence-electron chi connectivity index (χ0n) is 12.0. The molecule has 1 aromatic carbocycles. The van der Waals surface area contributed by atoms with Crippen LogP contribution in [0, 0.1) is 0 Å². The second-order valence-corrected chi connectivity index (χ2v) is 4.90. The van der Waals surface area contributed by atoms with E-state index in [4.69, 9.17) is 38.5 Å². The van der Waals surface area contributed by atoms with Crippen LogP contribution in [0.3, 0.4) is 0 Å². The summed E-state index contributed by atoms with van der Waals surface area (Å²) in [4.78, 5) is 5.17. The molecule has 0 aliphatic carbocycles. The Labute approximate surface area is 142 Å². The Hall–Kier alpha value is -0.520. The van der Waals surface area contributed by atoms with E-state index in [9.17, 15) is 0 Å². The van der Waals surface area contributed by atoms with Crippen molar-refractivity contribution < 1.29 is 9.57 Å². The second-order valence-electron chi connectivity index (χ2n) is 4.09. The summed E-state index contributed by atoms with van der Waals surface area (Å²) in [5, 5.41) is 5.15. The molecule has 0 unspecified atom stereocenters. The molecule has 120 valence electrons. The van der Waals surface area contributed by atoms with Gasteiger partial charge in [-0.3, -0.25) is 0 Å². The molecule has 4 nitrogen and oxygen atoms in total. The molecule has 0 saturated carbocycles. The van der Waals surface area contributed by atoms with Crippen LogP contribution in [-0.4, -0.2) is 32.1 Å². The van der Waals surface area contributed by atoms with Gasteiger partial charge < -0.3 is 15.3 Å². The van der Waals surface area contributed by atoms with E-state index < -0.39 is 0 Å². The lowest BCUT2D eigenvalue weighted by atomic mass is 10.1. The monoisotopic (exact) mass is 354 g/mol. The molecule has 0 heterocycles. The molecule has 0 aliphatic heterocycles. The Morgan fingerprint density at radius 2 is 2.00 bits per heavy atom. The van der Waals surface area contributed by atoms with Gasteiger partial charge >= 0.3 is 0 Å². The molecule has 0 aliphatic rings. The van der Waals surface area contributed by atoms with Crippen molar-refractivity contribution in [1.29, 1.82) is 0 Å². The van der Waals surface area contributed by atoms with Crippen LogP contribution >= 0.6 is 35.6 Å². The summed E-state index contributed by atoms with van der Waals surface area (Å²) in [5.41, 5.74) is 7.10. The van der Waals surface area contributed by atoms with E-state index in [-0.39, 0.29) is 12.4 Å². The Kier molecular flexibility index (Phi) is 11.8. The minimum atomic E-state index is 0. The van der Waals surface area contributed by atoms with Crippen molar-refractivity contribution in [3.05, 3.63) is 33.8 Å². The van der Waals surface area contributed by atoms with Crippen LogP contribution in [0.2, 0.25) is 10.0 Å². The first-order chi connectivity index (χ1) is 9.69. The molecule has 0 spiro atoms. The molecule has 0 radical (unpaired) electrons. The number of nitrogens with zero attached hydrogens (tertiary/aromatic N) is 1. The maximum absolute atomic E-state index is 6.03. The molecule has 0 atom stereocenters. The fourth-order valence-electron chi connectivity index (χ4n) is 1.58. The van der Waals surface area contributed by atoms with Gasteiger partial charge in [-0.1, -0.05) is 34.4 Å². The standard InChI is InChI=1S/C14H20Cl2N2O2.ClH/c1-2-19-8-3-4-14(18-20-9-7-17)11-5-6-12(15)13(16)10-11;/h5-6,10H,2-4,7-9,17H2,1H3;1H. The molecule has 0 saturated heterocycles. The zero-order chi connectivity index (χ0) is 14.8. The lowest BCUT2D eigenvalue weighted by Gasteiger charge is -2.08. The van der Waals surface area contributed by atoms with Crippen LogP contribution in [0.5, 0.6) is 0 Å². The molecule has 1 rings (SSSR count). The minimum Gasteiger partial charge on any atom is -0.394 e. The lowest BCUT2D eigenvalue weighted by molar-refractivity contribution is 0.143. The van der Waals surface area contributed by atoms with Crippen molar-refractivity contribution in [3.63, 3.8) is 0 Å². The van der Waals surface area contributed by atoms with Crippen LogP contribution in [0.1, 0.15) is 25.3 Å². The van der Waals surface area contributed by atoms with Crippen LogP contribution in [0.15, 0.2) is 23.4 Å². The Morgan fingerprint density at radius 3 is 2.62 bits per heavy atom. The van der Waals surface area contributed by atoms with Gasteiger partial charge in [0.25, 0.3) is 0 Å². The van der Waals surface area contributed by atoms with E-state index in [0.717, 1.165) is 24.1 Å². The Balaban J connectivity index is 0.00000400. The summed E-state index contributed by atoms with van der Waals surface area (Å²) in [5.74, 6) is 0. The Bertz CT molecular complexity index is 442. The van der Waals surface area contributed by atoms with Gasteiger partial charge in [0.15, 0.2) is 0 Å². The molecular weight excluding hydrogens is 335 g/mol. The highest BCUT2D eigenvalue weighted by molar-refractivity contribution is 6.42. The molecule has 0 fully saturated rings. The summed E-state index contributed by atoms with van der Waals surface area (Å²) in [6, 6.07) is 5.41. The van der Waals surface area contributed by atoms with Crippen LogP contribution in [0.25, 0.3) is 0 Å². The van der Waals surface area contributed by atoms with E-state index in [1.165, 1.54) is 0 Å². The summed E-state index contributed by atoms with van der Waals surface area (Å²) in [7, 11) is 0. The van der Waals surface area contributed by atoms with Crippen molar-refractivity contribution in [2.24, 2.45) is 10.9 Å². The van der Waals surface area contributed by atoms with E-state index in [1.807, 2.05) is 13.0 Å². The van der Waals surface area contributed by atoms with Crippen molar-refractivity contribution in [1.82, 2.24) is 0 Å². The van der Waals surface area contributed by atoms with Crippen LogP contribution < -0.4 is 5.73 Å². The molecule has 21 heavy (non-hydrogen) atoms. The topological polar surface area (TPSA) is 56.8 Å². The van der Waals surface area contributed by atoms with Gasteiger partial charge in [-0.05, 0) is 31.9 Å². The number of hydrogen-bond donors (Lipinski definition) is 1. The van der Waals surface area contributed by atoms with Crippen LogP contribution in [-0.2, 0) is 9.57 Å². The van der Waals surface area contributed by atoms with Gasteiger partial charge in [-0.15, -0.1) is 12.4 Å². The third kappa shape index (κ3) is 7.88. The van der Waals surface area contributed by atoms with Crippen LogP contribution in [0.4, 0.5) is 0 Å². The lowest BCUT2D eigenvalue weighted by Crippen LogP contribution is -2.09. The molecule has 0 bridgehead atoms. The number of hydrogen-bond acceptors (Lipinski definition) is 4. The maximum atomic E-state index is 6.03. The Morgan fingerprint density at radius 1 is 1.24 bits per heavy atom. The van der Waals surface area contributed by atoms with Gasteiger partial charge in [0.05, 0.1) is 15.8 Å². The molecular formula is C14H21Cl3N2O2. The number of rotatable bonds is 9. The predicted molar refractivity (Wildman–Crippen MR) is 91.0 cm³/mol. The first-order valence-corrected chi connectivity index (χ1v) is 7.36. The first-order valence-electron chi connectivity index (χ1n) is 6.61. The number of nitrogens with two attached hydrogens (primary N) is 1. The van der Waals surface area contributed by atoms with Gasteiger partial charge in [-0.25, -0.2) is 0 Å². The van der Waals surface area contributed by atoms with E-state index in [0.29, 0.717) is 36.4 Å². The van der Waals surface area contributed by atoms with E-state index in [1.54, 1.807) is 12.1 Å². The predicted octanol–water partition coefficient (Wildman–Crippen LogP) is 3.91. The number of oxime groups is 1. The van der Waals surface area contributed by atoms with Crippen molar-refractivity contribution in [2.75, 3.05) is 26.4 Å². The summed E-state index contributed by atoms with van der Waals surface area (Å²) in [6.07, 6.45) is 1.60. The average molecular weight is 356 g/mol. The van der Waals surface area contributed by atoms with Crippen molar-refractivity contribution in [2.45, 2.75) is 19.8 Å². The number of ether oxygens (including phenoxy) is 1. The second kappa shape index (κ2) is 12.1. The van der Waals surface area contributed by atoms with Gasteiger partial charge in [0.1, 0.15) is 6.61 Å². The van der Waals surface area contributed by atoms with Crippen molar-refractivity contribution in [3.8, 4) is 0 Å². The zero-order valence-corrected chi connectivity index (χ0v) is 14.3. The normalized spacial score (nSPS) is 11.1. The number of halogens is 3. The van der Waals surface area contributed by atoms with Gasteiger partial charge in [0.2, 0.25) is 0 Å². The van der Waals surface area contributed by atoms with Gasteiger partial charge in [-0.2, -0.15) is 0 Å². The highest BCUT2D eigenvalue weighted by atomic mass is 35.5. The highest BCUT2D eigenvalue weighted by Gasteiger charge is 2.08. The summed E-state index contributed by atoms with van der Waals surface area (Å²) in [6.45, 7) is 4.18. The SMILES string of the molecule is CCOCCCC(=NOCCN)c1ccc(Cl)c(Cl)c1.Cl. The number of benzene rings is 1. The van der Waals surface area contributed by atoms with E-state index in [2.05, 4.69) is 5.16 Å². The highest BCUT2D eigenvalue weighted by Crippen LogP contribution is 2.23. The molecule has 1 aromatic rings. The van der Waals surface area contributed by atoms with Gasteiger partial charge in [0, 0.05) is 25.3 Å². The summed E-state index contributed by atoms with van der Waals surface area (Å²) >= 11 is 11.9. The first kappa shape index (κ1) is 20.5. The smallest absolute Gasteiger partial charge is 0.129 e. The largest absolute Gasteiger partial charge is 0.394 e. The third-order valence-corrected chi connectivity index (χ3v) is 3.28. The molecule has 7 heteroatoms. The fourth-order valence-corrected chi connectivity index (χ4v) is 1.88. The summed E-state index contributed by atoms with van der Waals surface area (Å²) < 4.78 is 5.33. The quantitative estimate of drug-likeness (QED) is 0.415. The van der Waals surface area contributed by atoms with Crippen molar-refractivity contribution >= 4 is 41.3 Å². The third-order valence-electron chi connectivity index (χ3n) is 2.54. The maximum Gasteiger partial charge on any atom is 0.129 e. The molecule has 2 N–H and O–H groups in total. The fraction of sp³-hybridized carbons (Fsp3) is 0.500. The average Bonchev–Trinajstić information content (AvgIpc) is 2.45. The minimum absolute atomic E-state index is 0. The van der Waals surface area contributed by atoms with E-state index >= 15 is 0 Å². The molecule has 0 aromatic heterocycles.